The van der Waals surface area contributed by atoms with E-state index in [0.29, 0.717) is 63.9 Å². The molecule has 5 atom stereocenters. The first-order valence-electron chi connectivity index (χ1n) is 18.5. The molecule has 270 valence electrons. The molecule has 3 aliphatic carbocycles. The second-order valence-corrected chi connectivity index (χ2v) is 15.1. The van der Waals surface area contributed by atoms with Crippen molar-refractivity contribution in [2.75, 3.05) is 19.7 Å². The molecule has 3 aliphatic rings. The highest BCUT2D eigenvalue weighted by Gasteiger charge is 2.57. The summed E-state index contributed by atoms with van der Waals surface area (Å²) in [5.74, 6) is -0.0119. The highest BCUT2D eigenvalue weighted by atomic mass is 16.5. The number of ether oxygens (including phenoxy) is 1. The SMILES string of the molecule is CC1=CCCC2(C)C(CCC2(O)CN(Cc2ccccc2)CC(O)COCc2ccccc2)c2ccc(cc2C(=O)c2ccco2)CC(O)CC1. The van der Waals surface area contributed by atoms with E-state index >= 15 is 0 Å². The standard InChI is InChI=1S/C44H53NO6/c1-32-11-9-22-43(2)40(38-20-18-35(25-36(46)19-17-32)26-39(38)42(48)41-16-10-24-51-41)21-23-44(43,49)31-45(27-33-12-5-3-6-13-33)28-37(47)30-50-29-34-14-7-4-8-15-34/h3-8,10-16,18,20,24,26,36-37,40,46-47,49H,9,17,19,21-23,25,27-31H2,1-2H3. The van der Waals surface area contributed by atoms with Crippen LogP contribution in [0.15, 0.2) is 113 Å². The molecule has 0 spiro atoms. The molecule has 0 aliphatic heterocycles. The lowest BCUT2D eigenvalue weighted by atomic mass is 9.64. The number of ketones is 1. The molecule has 1 fully saturated rings. The number of hydrogen-bond acceptors (Lipinski definition) is 7. The van der Waals surface area contributed by atoms with E-state index in [-0.39, 0.29) is 24.1 Å². The number of benzene rings is 3. The third-order valence-corrected chi connectivity index (χ3v) is 11.3. The van der Waals surface area contributed by atoms with Gasteiger partial charge in [-0.15, -0.1) is 0 Å². The van der Waals surface area contributed by atoms with Crippen LogP contribution in [0.25, 0.3) is 0 Å². The van der Waals surface area contributed by atoms with Gasteiger partial charge in [-0.1, -0.05) is 91.4 Å². The molecule has 5 unspecified atom stereocenters. The van der Waals surface area contributed by atoms with Crippen molar-refractivity contribution in [3.05, 3.63) is 142 Å². The number of nitrogens with zero attached hydrogens (tertiary/aromatic N) is 1. The number of aliphatic hydroxyl groups is 3. The molecule has 1 saturated carbocycles. The van der Waals surface area contributed by atoms with Crippen LogP contribution in [-0.4, -0.2) is 63.5 Å². The van der Waals surface area contributed by atoms with Gasteiger partial charge in [0.2, 0.25) is 5.78 Å². The van der Waals surface area contributed by atoms with E-state index in [1.807, 2.05) is 60.7 Å². The number of carbonyl (C=O) groups is 1. The number of aliphatic hydroxyl groups excluding tert-OH is 2. The van der Waals surface area contributed by atoms with Crippen molar-refractivity contribution in [3.8, 4) is 0 Å². The van der Waals surface area contributed by atoms with Gasteiger partial charge in [0.25, 0.3) is 0 Å². The number of rotatable bonds is 12. The molecule has 3 aromatic carbocycles. The summed E-state index contributed by atoms with van der Waals surface area (Å²) in [6.45, 7) is 6.18. The quantitative estimate of drug-likeness (QED) is 0.104. The van der Waals surface area contributed by atoms with E-state index in [1.54, 1.807) is 12.1 Å². The Morgan fingerprint density at radius 1 is 0.980 bits per heavy atom. The van der Waals surface area contributed by atoms with Gasteiger partial charge >= 0.3 is 0 Å². The molecular weight excluding hydrogens is 638 g/mol. The van der Waals surface area contributed by atoms with Crippen LogP contribution in [0, 0.1) is 5.41 Å². The summed E-state index contributed by atoms with van der Waals surface area (Å²) in [4.78, 5) is 16.2. The van der Waals surface area contributed by atoms with Crippen LogP contribution in [0.4, 0.5) is 0 Å². The maximum atomic E-state index is 14.0. The van der Waals surface area contributed by atoms with E-state index < -0.39 is 23.2 Å². The largest absolute Gasteiger partial charge is 0.461 e. The van der Waals surface area contributed by atoms with Crippen LogP contribution in [0.3, 0.4) is 0 Å². The van der Waals surface area contributed by atoms with Crippen molar-refractivity contribution in [1.29, 1.82) is 0 Å². The van der Waals surface area contributed by atoms with Crippen LogP contribution in [0.5, 0.6) is 0 Å². The topological polar surface area (TPSA) is 103 Å². The van der Waals surface area contributed by atoms with Crippen LogP contribution in [0.1, 0.15) is 96.7 Å². The van der Waals surface area contributed by atoms with E-state index in [1.165, 1.54) is 11.8 Å². The minimum absolute atomic E-state index is 0.107. The summed E-state index contributed by atoms with van der Waals surface area (Å²) in [5, 5.41) is 35.2. The van der Waals surface area contributed by atoms with Gasteiger partial charge in [0, 0.05) is 30.6 Å². The third kappa shape index (κ3) is 8.97. The lowest BCUT2D eigenvalue weighted by molar-refractivity contribution is -0.0923. The predicted octanol–water partition coefficient (Wildman–Crippen LogP) is 7.63. The zero-order valence-corrected chi connectivity index (χ0v) is 30.0. The Morgan fingerprint density at radius 3 is 2.45 bits per heavy atom. The van der Waals surface area contributed by atoms with Gasteiger partial charge < -0.3 is 24.5 Å². The van der Waals surface area contributed by atoms with Crippen molar-refractivity contribution >= 4 is 5.78 Å². The van der Waals surface area contributed by atoms with Crippen molar-refractivity contribution < 1.29 is 29.3 Å². The van der Waals surface area contributed by atoms with Crippen LogP contribution >= 0.6 is 0 Å². The molecule has 7 nitrogen and oxygen atoms in total. The zero-order valence-electron chi connectivity index (χ0n) is 30.0. The fourth-order valence-electron chi connectivity index (χ4n) is 8.37. The highest BCUT2D eigenvalue weighted by molar-refractivity contribution is 6.08. The molecule has 1 heterocycles. The van der Waals surface area contributed by atoms with Gasteiger partial charge in [0.05, 0.1) is 37.3 Å². The Kier molecular flexibility index (Phi) is 12.1. The average Bonchev–Trinajstić information content (AvgIpc) is 3.74. The minimum atomic E-state index is -1.12. The fourth-order valence-corrected chi connectivity index (χ4v) is 8.37. The van der Waals surface area contributed by atoms with Crippen LogP contribution in [-0.2, 0) is 24.3 Å². The molecule has 1 aromatic heterocycles. The van der Waals surface area contributed by atoms with Gasteiger partial charge in [-0.3, -0.25) is 9.69 Å². The van der Waals surface area contributed by atoms with Gasteiger partial charge in [-0.05, 0) is 98.2 Å². The molecule has 0 amide bonds. The third-order valence-electron chi connectivity index (χ3n) is 11.3. The first-order chi connectivity index (χ1) is 24.6. The van der Waals surface area contributed by atoms with Crippen LogP contribution < -0.4 is 0 Å². The van der Waals surface area contributed by atoms with Crippen molar-refractivity contribution in [2.45, 2.75) is 95.7 Å². The molecule has 3 N–H and O–H groups in total. The minimum Gasteiger partial charge on any atom is -0.461 e. The van der Waals surface area contributed by atoms with Crippen molar-refractivity contribution in [3.63, 3.8) is 0 Å². The van der Waals surface area contributed by atoms with Crippen molar-refractivity contribution in [1.82, 2.24) is 4.90 Å². The molecule has 4 aromatic rings. The molecule has 7 heteroatoms. The maximum absolute atomic E-state index is 14.0. The van der Waals surface area contributed by atoms with E-state index in [0.717, 1.165) is 35.1 Å². The predicted molar refractivity (Wildman–Crippen MR) is 199 cm³/mol. The number of furan rings is 1. The highest BCUT2D eigenvalue weighted by Crippen LogP contribution is 2.59. The second-order valence-electron chi connectivity index (χ2n) is 15.1. The Hall–Kier alpha value is -3.85. The number of fused-ring (bicyclic) bond motifs is 8. The van der Waals surface area contributed by atoms with Crippen LogP contribution in [0.2, 0.25) is 0 Å². The molecule has 0 radical (unpaired) electrons. The van der Waals surface area contributed by atoms with Gasteiger partial charge in [0.1, 0.15) is 0 Å². The lowest BCUT2D eigenvalue weighted by Gasteiger charge is -2.46. The van der Waals surface area contributed by atoms with Gasteiger partial charge in [-0.25, -0.2) is 0 Å². The Morgan fingerprint density at radius 2 is 1.73 bits per heavy atom. The lowest BCUT2D eigenvalue weighted by Crippen LogP contribution is -2.53. The van der Waals surface area contributed by atoms with Crippen molar-refractivity contribution in [2.24, 2.45) is 5.41 Å². The van der Waals surface area contributed by atoms with E-state index in [9.17, 15) is 20.1 Å². The molecular formula is C44H53NO6. The summed E-state index contributed by atoms with van der Waals surface area (Å²) in [6, 6.07) is 29.6. The summed E-state index contributed by atoms with van der Waals surface area (Å²) in [6.07, 6.45) is 7.15. The summed E-state index contributed by atoms with van der Waals surface area (Å²) >= 11 is 0. The summed E-state index contributed by atoms with van der Waals surface area (Å²) < 4.78 is 11.5. The summed E-state index contributed by atoms with van der Waals surface area (Å²) in [5.41, 5.74) is 4.07. The molecule has 0 saturated heterocycles. The summed E-state index contributed by atoms with van der Waals surface area (Å²) in [7, 11) is 0. The average molecular weight is 692 g/mol. The molecule has 7 rings (SSSR count). The van der Waals surface area contributed by atoms with Gasteiger partial charge in [0.15, 0.2) is 5.76 Å². The zero-order chi connectivity index (χ0) is 35.8. The number of carbonyl (C=O) groups excluding carboxylic acids is 1. The number of hydrogen-bond donors (Lipinski definition) is 3. The molecule has 51 heavy (non-hydrogen) atoms. The first-order valence-corrected chi connectivity index (χ1v) is 18.5. The van der Waals surface area contributed by atoms with E-state index in [2.05, 4.69) is 43.0 Å². The normalized spacial score (nSPS) is 24.5. The fraction of sp³-hybridized carbons (Fsp3) is 0.432. The Balaban J connectivity index is 1.32. The van der Waals surface area contributed by atoms with E-state index in [4.69, 9.17) is 9.15 Å². The van der Waals surface area contributed by atoms with Gasteiger partial charge in [-0.2, -0.15) is 0 Å². The maximum Gasteiger partial charge on any atom is 0.228 e. The monoisotopic (exact) mass is 691 g/mol. The molecule has 2 bridgehead atoms. The Bertz CT molecular complexity index is 1740. The number of allylic oxidation sites excluding steroid dienone is 2. The second kappa shape index (κ2) is 16.7. The Labute approximate surface area is 302 Å². The smallest absolute Gasteiger partial charge is 0.228 e. The first kappa shape index (κ1) is 36.9.